The number of aliphatic hydroxyl groups excluding tert-OH is 1. The first-order valence-electron chi connectivity index (χ1n) is 7.34. The Bertz CT molecular complexity index is 351. The van der Waals surface area contributed by atoms with Crippen molar-refractivity contribution in [3.8, 4) is 0 Å². The molecular formula is C15H27NO4. The van der Waals surface area contributed by atoms with E-state index in [1.165, 1.54) is 6.92 Å². The summed E-state index contributed by atoms with van der Waals surface area (Å²) < 4.78 is 0. The fourth-order valence-electron chi connectivity index (χ4n) is 2.88. The quantitative estimate of drug-likeness (QED) is 0.735. The molecule has 0 heterocycles. The van der Waals surface area contributed by atoms with Crippen LogP contribution in [0.4, 0.5) is 0 Å². The Labute approximate surface area is 120 Å². The summed E-state index contributed by atoms with van der Waals surface area (Å²) >= 11 is 0. The van der Waals surface area contributed by atoms with Crippen LogP contribution in [0.25, 0.3) is 0 Å². The topological polar surface area (TPSA) is 86.6 Å². The predicted octanol–water partition coefficient (Wildman–Crippen LogP) is 1.79. The van der Waals surface area contributed by atoms with Crippen LogP contribution in [0.15, 0.2) is 0 Å². The number of nitrogens with one attached hydrogen (secondary N) is 1. The van der Waals surface area contributed by atoms with Gasteiger partial charge in [0, 0.05) is 5.92 Å². The van der Waals surface area contributed by atoms with Crippen molar-refractivity contribution in [2.75, 3.05) is 0 Å². The van der Waals surface area contributed by atoms with Crippen LogP contribution in [-0.2, 0) is 9.59 Å². The molecule has 2 atom stereocenters. The van der Waals surface area contributed by atoms with E-state index in [1.54, 1.807) is 0 Å². The monoisotopic (exact) mass is 285 g/mol. The second kappa shape index (κ2) is 6.57. The van der Waals surface area contributed by atoms with Gasteiger partial charge in [-0.05, 0) is 43.9 Å². The molecule has 5 nitrogen and oxygen atoms in total. The molecule has 0 aliphatic heterocycles. The maximum Gasteiger partial charge on any atom is 0.328 e. The summed E-state index contributed by atoms with van der Waals surface area (Å²) in [7, 11) is 0. The van der Waals surface area contributed by atoms with Crippen LogP contribution in [-0.4, -0.2) is 34.2 Å². The minimum absolute atomic E-state index is 0.130. The summed E-state index contributed by atoms with van der Waals surface area (Å²) in [6, 6.07) is -1.22. The average molecular weight is 285 g/mol. The molecule has 0 saturated heterocycles. The molecule has 5 heteroatoms. The smallest absolute Gasteiger partial charge is 0.328 e. The lowest BCUT2D eigenvalue weighted by molar-refractivity contribution is -0.145. The van der Waals surface area contributed by atoms with Gasteiger partial charge in [0.05, 0.1) is 6.10 Å². The normalized spacial score (nSPS) is 26.6. The van der Waals surface area contributed by atoms with Gasteiger partial charge in [-0.3, -0.25) is 4.79 Å². The molecule has 1 aliphatic carbocycles. The van der Waals surface area contributed by atoms with E-state index >= 15 is 0 Å². The lowest BCUT2D eigenvalue weighted by Crippen LogP contribution is -2.50. The molecule has 20 heavy (non-hydrogen) atoms. The fourth-order valence-corrected chi connectivity index (χ4v) is 2.88. The van der Waals surface area contributed by atoms with Gasteiger partial charge in [0.1, 0.15) is 0 Å². The molecule has 0 aromatic carbocycles. The molecule has 1 aliphatic rings. The number of rotatable bonds is 4. The molecule has 116 valence electrons. The highest BCUT2D eigenvalue weighted by atomic mass is 16.4. The van der Waals surface area contributed by atoms with Crippen molar-refractivity contribution >= 4 is 11.9 Å². The van der Waals surface area contributed by atoms with Crippen molar-refractivity contribution in [3.05, 3.63) is 0 Å². The van der Waals surface area contributed by atoms with E-state index in [9.17, 15) is 14.7 Å². The third kappa shape index (κ3) is 4.47. The van der Waals surface area contributed by atoms with Crippen molar-refractivity contribution < 1.29 is 19.8 Å². The molecule has 0 unspecified atom stereocenters. The standard InChI is InChI=1S/C15H27NO4/c1-9(17)12(14(19)20)16-13(18)10-5-7-11(8-6-10)15(2,3)4/h9-12,17H,5-8H2,1-4H3,(H,16,18)(H,19,20)/t9-,10?,11?,12+/m1/s1. The van der Waals surface area contributed by atoms with Crippen molar-refractivity contribution in [3.63, 3.8) is 0 Å². The minimum atomic E-state index is -1.22. The summed E-state index contributed by atoms with van der Waals surface area (Å²) in [4.78, 5) is 23.1. The lowest BCUT2D eigenvalue weighted by Gasteiger charge is -2.36. The molecule has 0 radical (unpaired) electrons. The van der Waals surface area contributed by atoms with Crippen LogP contribution in [0.5, 0.6) is 0 Å². The number of aliphatic carboxylic acids is 1. The number of hydrogen-bond acceptors (Lipinski definition) is 3. The van der Waals surface area contributed by atoms with E-state index in [1.807, 2.05) is 0 Å². The number of hydrogen-bond donors (Lipinski definition) is 3. The first-order valence-corrected chi connectivity index (χ1v) is 7.34. The zero-order valence-corrected chi connectivity index (χ0v) is 12.8. The SMILES string of the molecule is C[C@@H](O)[C@H](NC(=O)C1CCC(C(C)(C)C)CC1)C(=O)O. The van der Waals surface area contributed by atoms with Crippen LogP contribution < -0.4 is 5.32 Å². The second-order valence-corrected chi connectivity index (χ2v) is 6.98. The minimum Gasteiger partial charge on any atom is -0.480 e. The van der Waals surface area contributed by atoms with Gasteiger partial charge in [-0.25, -0.2) is 4.79 Å². The van der Waals surface area contributed by atoms with Gasteiger partial charge in [-0.1, -0.05) is 20.8 Å². The molecule has 1 rings (SSSR count). The summed E-state index contributed by atoms with van der Waals surface area (Å²) in [5, 5.41) is 20.8. The maximum absolute atomic E-state index is 12.1. The molecule has 1 saturated carbocycles. The van der Waals surface area contributed by atoms with Gasteiger partial charge in [-0.2, -0.15) is 0 Å². The summed E-state index contributed by atoms with van der Waals surface area (Å²) in [5.41, 5.74) is 0.255. The summed E-state index contributed by atoms with van der Waals surface area (Å²) in [6.07, 6.45) is 2.48. The van der Waals surface area contributed by atoms with E-state index in [0.29, 0.717) is 5.92 Å². The van der Waals surface area contributed by atoms with Gasteiger partial charge in [-0.15, -0.1) is 0 Å². The van der Waals surface area contributed by atoms with E-state index in [-0.39, 0.29) is 17.2 Å². The summed E-state index contributed by atoms with van der Waals surface area (Å²) in [6.45, 7) is 8.01. The number of aliphatic hydroxyl groups is 1. The first kappa shape index (κ1) is 17.0. The largest absolute Gasteiger partial charge is 0.480 e. The highest BCUT2D eigenvalue weighted by Crippen LogP contribution is 2.39. The molecule has 1 amide bonds. The van der Waals surface area contributed by atoms with Crippen LogP contribution in [0.3, 0.4) is 0 Å². The number of carbonyl (C=O) groups is 2. The molecule has 1 fully saturated rings. The van der Waals surface area contributed by atoms with E-state index in [2.05, 4.69) is 26.1 Å². The van der Waals surface area contributed by atoms with Crippen LogP contribution in [0.2, 0.25) is 0 Å². The van der Waals surface area contributed by atoms with E-state index < -0.39 is 18.1 Å². The van der Waals surface area contributed by atoms with Gasteiger partial charge in [0.25, 0.3) is 0 Å². The highest BCUT2D eigenvalue weighted by molar-refractivity contribution is 5.85. The Morgan fingerprint density at radius 3 is 2.00 bits per heavy atom. The van der Waals surface area contributed by atoms with Crippen LogP contribution in [0, 0.1) is 17.3 Å². The third-order valence-electron chi connectivity index (χ3n) is 4.37. The first-order chi connectivity index (χ1) is 9.12. The second-order valence-electron chi connectivity index (χ2n) is 6.98. The fraction of sp³-hybridized carbons (Fsp3) is 0.867. The van der Waals surface area contributed by atoms with Crippen LogP contribution in [0.1, 0.15) is 53.4 Å². The average Bonchev–Trinajstić information content (AvgIpc) is 2.34. The predicted molar refractivity (Wildman–Crippen MR) is 76.2 cm³/mol. The van der Waals surface area contributed by atoms with Gasteiger partial charge >= 0.3 is 5.97 Å². The Morgan fingerprint density at radius 1 is 1.15 bits per heavy atom. The zero-order valence-electron chi connectivity index (χ0n) is 12.8. The van der Waals surface area contributed by atoms with Crippen molar-refractivity contribution in [2.24, 2.45) is 17.3 Å². The molecule has 0 aromatic heterocycles. The Balaban J connectivity index is 2.53. The van der Waals surface area contributed by atoms with Crippen molar-refractivity contribution in [1.82, 2.24) is 5.32 Å². The van der Waals surface area contributed by atoms with E-state index in [0.717, 1.165) is 25.7 Å². The number of carboxylic acid groups (broad SMARTS) is 1. The van der Waals surface area contributed by atoms with Gasteiger partial charge in [0.2, 0.25) is 5.91 Å². The molecular weight excluding hydrogens is 258 g/mol. The molecule has 3 N–H and O–H groups in total. The highest BCUT2D eigenvalue weighted by Gasteiger charge is 2.34. The number of amides is 1. The summed E-state index contributed by atoms with van der Waals surface area (Å²) in [5.74, 6) is -0.963. The molecule has 0 aromatic rings. The lowest BCUT2D eigenvalue weighted by atomic mass is 9.69. The van der Waals surface area contributed by atoms with Crippen molar-refractivity contribution in [2.45, 2.75) is 65.5 Å². The van der Waals surface area contributed by atoms with Crippen LogP contribution >= 0.6 is 0 Å². The van der Waals surface area contributed by atoms with Gasteiger partial charge in [0.15, 0.2) is 6.04 Å². The zero-order chi connectivity index (χ0) is 15.5. The molecule has 0 spiro atoms. The van der Waals surface area contributed by atoms with Crippen molar-refractivity contribution in [1.29, 1.82) is 0 Å². The van der Waals surface area contributed by atoms with Gasteiger partial charge < -0.3 is 15.5 Å². The van der Waals surface area contributed by atoms with E-state index in [4.69, 9.17) is 5.11 Å². The number of carbonyl (C=O) groups excluding carboxylic acids is 1. The maximum atomic E-state index is 12.1. The number of carboxylic acids is 1. The molecule has 0 bridgehead atoms. The Hall–Kier alpha value is -1.10. The Morgan fingerprint density at radius 2 is 1.65 bits per heavy atom. The Kier molecular flexibility index (Phi) is 5.57. The third-order valence-corrected chi connectivity index (χ3v) is 4.37.